The average Bonchev–Trinajstić information content (AvgIpc) is 2.62. The third kappa shape index (κ3) is 4.73. The SMILES string of the molecule is O=C(CSc1ccccc1)N1CCC(Oc2cccnc2)CC1. The zero-order valence-corrected chi connectivity index (χ0v) is 13.7. The summed E-state index contributed by atoms with van der Waals surface area (Å²) < 4.78 is 5.91. The van der Waals surface area contributed by atoms with Crippen molar-refractivity contribution in [1.29, 1.82) is 0 Å². The summed E-state index contributed by atoms with van der Waals surface area (Å²) in [6, 6.07) is 13.8. The van der Waals surface area contributed by atoms with Crippen LogP contribution in [0.3, 0.4) is 0 Å². The Hall–Kier alpha value is -2.01. The van der Waals surface area contributed by atoms with Crippen LogP contribution in [-0.2, 0) is 4.79 Å². The van der Waals surface area contributed by atoms with Gasteiger partial charge in [0.2, 0.25) is 5.91 Å². The van der Waals surface area contributed by atoms with E-state index in [1.807, 2.05) is 47.4 Å². The maximum atomic E-state index is 12.3. The number of carbonyl (C=O) groups excluding carboxylic acids is 1. The largest absolute Gasteiger partial charge is 0.489 e. The van der Waals surface area contributed by atoms with Crippen molar-refractivity contribution in [2.75, 3.05) is 18.8 Å². The first-order valence-corrected chi connectivity index (χ1v) is 8.82. The van der Waals surface area contributed by atoms with Gasteiger partial charge in [-0.15, -0.1) is 11.8 Å². The van der Waals surface area contributed by atoms with E-state index in [4.69, 9.17) is 4.74 Å². The number of thioether (sulfide) groups is 1. The van der Waals surface area contributed by atoms with Gasteiger partial charge in [0.1, 0.15) is 11.9 Å². The van der Waals surface area contributed by atoms with Crippen LogP contribution in [0.15, 0.2) is 59.8 Å². The van der Waals surface area contributed by atoms with Gasteiger partial charge in [0.05, 0.1) is 11.9 Å². The van der Waals surface area contributed by atoms with E-state index in [1.54, 1.807) is 24.2 Å². The van der Waals surface area contributed by atoms with E-state index in [-0.39, 0.29) is 12.0 Å². The van der Waals surface area contributed by atoms with Gasteiger partial charge in [-0.1, -0.05) is 18.2 Å². The molecule has 5 heteroatoms. The summed E-state index contributed by atoms with van der Waals surface area (Å²) in [7, 11) is 0. The lowest BCUT2D eigenvalue weighted by Gasteiger charge is -2.32. The van der Waals surface area contributed by atoms with E-state index >= 15 is 0 Å². The van der Waals surface area contributed by atoms with E-state index in [1.165, 1.54) is 0 Å². The van der Waals surface area contributed by atoms with Gasteiger partial charge in [-0.25, -0.2) is 0 Å². The summed E-state index contributed by atoms with van der Waals surface area (Å²) in [6.45, 7) is 1.53. The molecule has 2 aromatic rings. The summed E-state index contributed by atoms with van der Waals surface area (Å²) in [4.78, 5) is 19.4. The second-order valence-electron chi connectivity index (χ2n) is 5.49. The van der Waals surface area contributed by atoms with Crippen molar-refractivity contribution in [2.45, 2.75) is 23.8 Å². The van der Waals surface area contributed by atoms with Crippen molar-refractivity contribution in [3.63, 3.8) is 0 Å². The van der Waals surface area contributed by atoms with E-state index in [0.29, 0.717) is 5.75 Å². The van der Waals surface area contributed by atoms with Gasteiger partial charge in [-0.05, 0) is 24.3 Å². The van der Waals surface area contributed by atoms with E-state index in [9.17, 15) is 4.79 Å². The number of nitrogens with zero attached hydrogens (tertiary/aromatic N) is 2. The van der Waals surface area contributed by atoms with Crippen LogP contribution in [0.4, 0.5) is 0 Å². The van der Waals surface area contributed by atoms with Gasteiger partial charge < -0.3 is 9.64 Å². The van der Waals surface area contributed by atoms with Gasteiger partial charge >= 0.3 is 0 Å². The van der Waals surface area contributed by atoms with E-state index < -0.39 is 0 Å². The number of aromatic nitrogens is 1. The molecule has 1 aliphatic heterocycles. The molecule has 0 N–H and O–H groups in total. The molecule has 0 radical (unpaired) electrons. The smallest absolute Gasteiger partial charge is 0.232 e. The lowest BCUT2D eigenvalue weighted by atomic mass is 10.1. The Bertz CT molecular complexity index is 613. The van der Waals surface area contributed by atoms with Crippen molar-refractivity contribution < 1.29 is 9.53 Å². The molecule has 0 unspecified atom stereocenters. The standard InChI is InChI=1S/C18H20N2O2S/c21-18(14-23-17-6-2-1-3-7-17)20-11-8-15(9-12-20)22-16-5-4-10-19-13-16/h1-7,10,13,15H,8-9,11-12,14H2. The van der Waals surface area contributed by atoms with Crippen molar-refractivity contribution in [3.05, 3.63) is 54.9 Å². The Kier molecular flexibility index (Phi) is 5.53. The van der Waals surface area contributed by atoms with Crippen LogP contribution in [0.5, 0.6) is 5.75 Å². The number of piperidine rings is 1. The van der Waals surface area contributed by atoms with Crippen LogP contribution in [0, 0.1) is 0 Å². The van der Waals surface area contributed by atoms with Crippen LogP contribution in [0.2, 0.25) is 0 Å². The van der Waals surface area contributed by atoms with Crippen LogP contribution < -0.4 is 4.74 Å². The first kappa shape index (κ1) is 15.9. The molecule has 2 heterocycles. The normalized spacial score (nSPS) is 15.4. The molecule has 0 aliphatic carbocycles. The number of likely N-dealkylation sites (tertiary alicyclic amines) is 1. The number of pyridine rings is 1. The molecule has 1 amide bonds. The number of hydrogen-bond acceptors (Lipinski definition) is 4. The molecular formula is C18H20N2O2S. The third-order valence-electron chi connectivity index (χ3n) is 3.84. The van der Waals surface area contributed by atoms with Crippen molar-refractivity contribution >= 4 is 17.7 Å². The Morgan fingerprint density at radius 3 is 2.65 bits per heavy atom. The molecular weight excluding hydrogens is 308 g/mol. The predicted octanol–water partition coefficient (Wildman–Crippen LogP) is 3.24. The quantitative estimate of drug-likeness (QED) is 0.790. The first-order chi connectivity index (χ1) is 11.3. The molecule has 1 fully saturated rings. The lowest BCUT2D eigenvalue weighted by molar-refractivity contribution is -0.130. The summed E-state index contributed by atoms with van der Waals surface area (Å²) in [5.74, 6) is 1.51. The molecule has 1 saturated heterocycles. The number of carbonyl (C=O) groups is 1. The molecule has 120 valence electrons. The third-order valence-corrected chi connectivity index (χ3v) is 4.83. The Morgan fingerprint density at radius 2 is 1.96 bits per heavy atom. The topological polar surface area (TPSA) is 42.4 Å². The molecule has 0 saturated carbocycles. The van der Waals surface area contributed by atoms with Gasteiger partial charge in [-0.3, -0.25) is 9.78 Å². The van der Waals surface area contributed by atoms with Gasteiger partial charge in [-0.2, -0.15) is 0 Å². The molecule has 1 aromatic heterocycles. The Balaban J connectivity index is 1.42. The Morgan fingerprint density at radius 1 is 1.17 bits per heavy atom. The maximum absolute atomic E-state index is 12.3. The summed E-state index contributed by atoms with van der Waals surface area (Å²) >= 11 is 1.59. The predicted molar refractivity (Wildman–Crippen MR) is 91.6 cm³/mol. The Labute approximate surface area is 140 Å². The second kappa shape index (κ2) is 8.02. The van der Waals surface area contributed by atoms with E-state index in [0.717, 1.165) is 36.6 Å². The van der Waals surface area contributed by atoms with Crippen LogP contribution >= 0.6 is 11.8 Å². The lowest BCUT2D eigenvalue weighted by Crippen LogP contribution is -2.42. The summed E-state index contributed by atoms with van der Waals surface area (Å²) in [5, 5.41) is 0. The number of ether oxygens (including phenoxy) is 1. The molecule has 23 heavy (non-hydrogen) atoms. The fourth-order valence-electron chi connectivity index (χ4n) is 2.59. The monoisotopic (exact) mass is 328 g/mol. The zero-order valence-electron chi connectivity index (χ0n) is 12.9. The average molecular weight is 328 g/mol. The maximum Gasteiger partial charge on any atom is 0.232 e. The highest BCUT2D eigenvalue weighted by Gasteiger charge is 2.23. The summed E-state index contributed by atoms with van der Waals surface area (Å²) in [5.41, 5.74) is 0. The van der Waals surface area contributed by atoms with Gasteiger partial charge in [0.25, 0.3) is 0 Å². The van der Waals surface area contributed by atoms with Crippen molar-refractivity contribution in [3.8, 4) is 5.75 Å². The number of hydrogen-bond donors (Lipinski definition) is 0. The highest BCUT2D eigenvalue weighted by Crippen LogP contribution is 2.21. The molecule has 3 rings (SSSR count). The van der Waals surface area contributed by atoms with Crippen LogP contribution in [0.25, 0.3) is 0 Å². The van der Waals surface area contributed by atoms with Gasteiger partial charge in [0, 0.05) is 37.0 Å². The molecule has 4 nitrogen and oxygen atoms in total. The van der Waals surface area contributed by atoms with Crippen LogP contribution in [-0.4, -0.2) is 40.7 Å². The molecule has 1 aliphatic rings. The minimum atomic E-state index is 0.171. The van der Waals surface area contributed by atoms with Crippen molar-refractivity contribution in [2.24, 2.45) is 0 Å². The zero-order chi connectivity index (χ0) is 15.9. The minimum absolute atomic E-state index is 0.171. The highest BCUT2D eigenvalue weighted by atomic mass is 32.2. The van der Waals surface area contributed by atoms with Crippen molar-refractivity contribution in [1.82, 2.24) is 9.88 Å². The molecule has 0 spiro atoms. The minimum Gasteiger partial charge on any atom is -0.489 e. The van der Waals surface area contributed by atoms with E-state index in [2.05, 4.69) is 4.98 Å². The van der Waals surface area contributed by atoms with Crippen LogP contribution in [0.1, 0.15) is 12.8 Å². The fraction of sp³-hybridized carbons (Fsp3) is 0.333. The highest BCUT2D eigenvalue weighted by molar-refractivity contribution is 8.00. The molecule has 1 aromatic carbocycles. The number of benzene rings is 1. The van der Waals surface area contributed by atoms with Gasteiger partial charge in [0.15, 0.2) is 0 Å². The molecule has 0 atom stereocenters. The number of amides is 1. The fourth-order valence-corrected chi connectivity index (χ4v) is 3.41. The first-order valence-electron chi connectivity index (χ1n) is 7.83. The molecule has 0 bridgehead atoms. The number of rotatable bonds is 5. The summed E-state index contributed by atoms with van der Waals surface area (Å²) in [6.07, 6.45) is 5.38. The second-order valence-corrected chi connectivity index (χ2v) is 6.54.